The third-order valence-electron chi connectivity index (χ3n) is 3.15. The molecule has 0 atom stereocenters. The molecule has 0 aromatic carbocycles. The monoisotopic (exact) mass is 321 g/mol. The Morgan fingerprint density at radius 3 is 1.12 bits per heavy atom. The van der Waals surface area contributed by atoms with E-state index >= 15 is 0 Å². The molecule has 3 heteroatoms. The molecule has 0 saturated heterocycles. The van der Waals surface area contributed by atoms with Crippen LogP contribution in [-0.2, 0) is 0 Å². The zero-order valence-corrected chi connectivity index (χ0v) is 15.5. The molecule has 3 aromatic rings. The van der Waals surface area contributed by atoms with Gasteiger partial charge in [0.2, 0.25) is 0 Å². The van der Waals surface area contributed by atoms with Crippen LogP contribution in [0.5, 0.6) is 0 Å². The molecule has 0 radical (unpaired) electrons. The summed E-state index contributed by atoms with van der Waals surface area (Å²) in [4.78, 5) is 12.3. The van der Waals surface area contributed by atoms with Gasteiger partial charge in [-0.1, -0.05) is 18.2 Å². The molecule has 3 rings (SSSR count). The van der Waals surface area contributed by atoms with Crippen molar-refractivity contribution in [1.82, 2.24) is 15.0 Å². The van der Waals surface area contributed by atoms with Gasteiger partial charge in [-0.25, -0.2) is 0 Å². The van der Waals surface area contributed by atoms with Crippen molar-refractivity contribution < 1.29 is 0 Å². The number of aryl methyl sites for hydroxylation is 6. The molecule has 0 N–H and O–H groups in total. The Morgan fingerprint density at radius 2 is 0.917 bits per heavy atom. The van der Waals surface area contributed by atoms with Crippen molar-refractivity contribution in [2.45, 2.75) is 41.5 Å². The molecule has 3 nitrogen and oxygen atoms in total. The minimum absolute atomic E-state index is 1.08. The molecule has 126 valence electrons. The fraction of sp³-hybridized carbons (Fsp3) is 0.286. The summed E-state index contributed by atoms with van der Waals surface area (Å²) in [6, 6.07) is 14.1. The molecule has 24 heavy (non-hydrogen) atoms. The van der Waals surface area contributed by atoms with Crippen LogP contribution in [0.2, 0.25) is 0 Å². The highest BCUT2D eigenvalue weighted by Crippen LogP contribution is 1.95. The average Bonchev–Trinajstić information content (AvgIpc) is 2.54. The van der Waals surface area contributed by atoms with Crippen molar-refractivity contribution in [3.8, 4) is 0 Å². The Labute approximate surface area is 145 Å². The molecule has 3 heterocycles. The highest BCUT2D eigenvalue weighted by atomic mass is 14.7. The smallest absolute Gasteiger partial charge is 0.0375 e. The summed E-state index contributed by atoms with van der Waals surface area (Å²) < 4.78 is 0. The summed E-state index contributed by atoms with van der Waals surface area (Å²) in [6.07, 6.45) is 3.74. The number of hydrogen-bond donors (Lipinski definition) is 0. The Hall–Kier alpha value is -2.55. The standard InChI is InChI=1S/3C7H9N/c2*1-6-3-4-7(2)8-5-6;1-6-4-3-5-7(2)8-6/h3*3-5H,1-2H3. The van der Waals surface area contributed by atoms with Crippen LogP contribution in [0.1, 0.15) is 33.9 Å². The molecule has 0 fully saturated rings. The maximum absolute atomic E-state index is 4.17. The van der Waals surface area contributed by atoms with Crippen LogP contribution in [0.4, 0.5) is 0 Å². The van der Waals surface area contributed by atoms with E-state index in [1.165, 1.54) is 11.1 Å². The van der Waals surface area contributed by atoms with Crippen molar-refractivity contribution in [3.63, 3.8) is 0 Å². The summed E-state index contributed by atoms with van der Waals surface area (Å²) in [5, 5.41) is 0. The Balaban J connectivity index is 0.000000180. The quantitative estimate of drug-likeness (QED) is 0.578. The Morgan fingerprint density at radius 1 is 0.500 bits per heavy atom. The molecule has 0 unspecified atom stereocenters. The fourth-order valence-electron chi connectivity index (χ4n) is 1.76. The van der Waals surface area contributed by atoms with Gasteiger partial charge < -0.3 is 0 Å². The van der Waals surface area contributed by atoms with Crippen LogP contribution in [0, 0.1) is 41.5 Å². The predicted molar refractivity (Wildman–Crippen MR) is 101 cm³/mol. The van der Waals surface area contributed by atoms with Gasteiger partial charge in [0.15, 0.2) is 0 Å². The van der Waals surface area contributed by atoms with Gasteiger partial charge in [0, 0.05) is 35.2 Å². The molecule has 0 spiro atoms. The van der Waals surface area contributed by atoms with Crippen molar-refractivity contribution in [2.24, 2.45) is 0 Å². The zero-order chi connectivity index (χ0) is 17.9. The first-order valence-electron chi connectivity index (χ1n) is 8.05. The number of nitrogens with zero attached hydrogens (tertiary/aromatic N) is 3. The van der Waals surface area contributed by atoms with Gasteiger partial charge in [-0.05, 0) is 76.9 Å². The summed E-state index contributed by atoms with van der Waals surface area (Å²) in [7, 11) is 0. The molecule has 0 bridgehead atoms. The summed E-state index contributed by atoms with van der Waals surface area (Å²) >= 11 is 0. The highest BCUT2D eigenvalue weighted by molar-refractivity contribution is 5.11. The predicted octanol–water partition coefficient (Wildman–Crippen LogP) is 5.10. The van der Waals surface area contributed by atoms with Crippen LogP contribution >= 0.6 is 0 Å². The van der Waals surface area contributed by atoms with E-state index in [1.54, 1.807) is 0 Å². The fourth-order valence-corrected chi connectivity index (χ4v) is 1.76. The van der Waals surface area contributed by atoms with E-state index in [-0.39, 0.29) is 0 Å². The van der Waals surface area contributed by atoms with Crippen LogP contribution in [0.3, 0.4) is 0 Å². The minimum Gasteiger partial charge on any atom is -0.261 e. The topological polar surface area (TPSA) is 38.7 Å². The molecule has 0 aliphatic heterocycles. The van der Waals surface area contributed by atoms with Gasteiger partial charge in [-0.2, -0.15) is 0 Å². The molecule has 0 aliphatic rings. The zero-order valence-electron chi connectivity index (χ0n) is 15.5. The van der Waals surface area contributed by atoms with Crippen molar-refractivity contribution in [3.05, 3.63) is 88.8 Å². The lowest BCUT2D eigenvalue weighted by molar-refractivity contribution is 1.12. The second kappa shape index (κ2) is 10.3. The number of hydrogen-bond acceptors (Lipinski definition) is 3. The van der Waals surface area contributed by atoms with E-state index in [0.29, 0.717) is 0 Å². The first kappa shape index (κ1) is 19.5. The Bertz CT molecular complexity index is 614. The van der Waals surface area contributed by atoms with Gasteiger partial charge in [0.25, 0.3) is 0 Å². The van der Waals surface area contributed by atoms with Gasteiger partial charge in [0.05, 0.1) is 0 Å². The first-order valence-corrected chi connectivity index (χ1v) is 8.05. The molecular formula is C21H27N3. The van der Waals surface area contributed by atoms with E-state index in [1.807, 2.05) is 84.3 Å². The van der Waals surface area contributed by atoms with Crippen LogP contribution in [0.25, 0.3) is 0 Å². The second-order valence-electron chi connectivity index (χ2n) is 5.87. The lowest BCUT2D eigenvalue weighted by atomic mass is 10.3. The van der Waals surface area contributed by atoms with Crippen molar-refractivity contribution in [1.29, 1.82) is 0 Å². The van der Waals surface area contributed by atoms with Crippen molar-refractivity contribution in [2.75, 3.05) is 0 Å². The maximum Gasteiger partial charge on any atom is 0.0375 e. The maximum atomic E-state index is 4.17. The molecule has 0 amide bonds. The lowest BCUT2D eigenvalue weighted by Crippen LogP contribution is -1.81. The van der Waals surface area contributed by atoms with Gasteiger partial charge >= 0.3 is 0 Å². The number of aromatic nitrogens is 3. The third-order valence-corrected chi connectivity index (χ3v) is 3.15. The van der Waals surface area contributed by atoms with Crippen molar-refractivity contribution >= 4 is 0 Å². The minimum atomic E-state index is 1.08. The van der Waals surface area contributed by atoms with Crippen LogP contribution < -0.4 is 0 Å². The normalized spacial score (nSPS) is 9.25. The average molecular weight is 321 g/mol. The van der Waals surface area contributed by atoms with E-state index < -0.39 is 0 Å². The highest BCUT2D eigenvalue weighted by Gasteiger charge is 1.83. The van der Waals surface area contributed by atoms with Crippen LogP contribution in [-0.4, -0.2) is 15.0 Å². The summed E-state index contributed by atoms with van der Waals surface area (Å²) in [6.45, 7) is 12.0. The van der Waals surface area contributed by atoms with E-state index in [2.05, 4.69) is 27.1 Å². The summed E-state index contributed by atoms with van der Waals surface area (Å²) in [5.41, 5.74) is 6.77. The molecule has 3 aromatic heterocycles. The van der Waals surface area contributed by atoms with Crippen LogP contribution in [0.15, 0.2) is 54.9 Å². The number of rotatable bonds is 0. The molecular weight excluding hydrogens is 294 g/mol. The largest absolute Gasteiger partial charge is 0.261 e. The van der Waals surface area contributed by atoms with E-state index in [4.69, 9.17) is 0 Å². The molecule has 0 aliphatic carbocycles. The second-order valence-corrected chi connectivity index (χ2v) is 5.87. The van der Waals surface area contributed by atoms with E-state index in [9.17, 15) is 0 Å². The van der Waals surface area contributed by atoms with E-state index in [0.717, 1.165) is 22.8 Å². The third kappa shape index (κ3) is 8.79. The van der Waals surface area contributed by atoms with Gasteiger partial charge in [-0.3, -0.25) is 15.0 Å². The van der Waals surface area contributed by atoms with Gasteiger partial charge in [0.1, 0.15) is 0 Å². The number of pyridine rings is 3. The lowest BCUT2D eigenvalue weighted by Gasteiger charge is -1.90. The molecule has 0 saturated carbocycles. The SMILES string of the molecule is Cc1ccc(C)nc1.Cc1ccc(C)nc1.Cc1cccc(C)n1. The summed E-state index contributed by atoms with van der Waals surface area (Å²) in [5.74, 6) is 0. The Kier molecular flexibility index (Phi) is 8.34. The van der Waals surface area contributed by atoms with Gasteiger partial charge in [-0.15, -0.1) is 0 Å². The first-order chi connectivity index (χ1) is 11.4.